The van der Waals surface area contributed by atoms with Crippen molar-refractivity contribution in [3.8, 4) is 0 Å². The van der Waals surface area contributed by atoms with E-state index in [1.54, 1.807) is 0 Å². The summed E-state index contributed by atoms with van der Waals surface area (Å²) in [5.41, 5.74) is 0. The van der Waals surface area contributed by atoms with Gasteiger partial charge in [-0.05, 0) is 37.1 Å². The Morgan fingerprint density at radius 3 is 2.22 bits per heavy atom. The largest absolute Gasteiger partial charge is 0.481 e. The van der Waals surface area contributed by atoms with Crippen molar-refractivity contribution in [3.05, 3.63) is 29.3 Å². The standard InChI is InChI=1S/C14H18ClNO6S/c15-10-6-8-11(9-7-10)23(21,22)16-12(14(19)20)4-2-1-3-5-13(17)18/h6-9,12,16H,1-5H2,(H,17,18)(H,19,20)/t12-/m0/s1. The lowest BCUT2D eigenvalue weighted by molar-refractivity contribution is -0.139. The van der Waals surface area contributed by atoms with Gasteiger partial charge in [-0.15, -0.1) is 0 Å². The van der Waals surface area contributed by atoms with Crippen LogP contribution in [0.1, 0.15) is 32.1 Å². The Morgan fingerprint density at radius 2 is 1.70 bits per heavy atom. The van der Waals surface area contributed by atoms with Crippen LogP contribution < -0.4 is 4.72 Å². The van der Waals surface area contributed by atoms with Gasteiger partial charge in [-0.2, -0.15) is 4.72 Å². The molecule has 0 bridgehead atoms. The molecule has 0 fully saturated rings. The third kappa shape index (κ3) is 6.98. The predicted octanol–water partition coefficient (Wildman–Crippen LogP) is 2.11. The lowest BCUT2D eigenvalue weighted by Gasteiger charge is -2.14. The van der Waals surface area contributed by atoms with E-state index in [1.165, 1.54) is 24.3 Å². The number of hydrogen-bond donors (Lipinski definition) is 3. The third-order valence-corrected chi connectivity index (χ3v) is 4.84. The molecule has 0 saturated carbocycles. The number of carboxylic acid groups (broad SMARTS) is 2. The smallest absolute Gasteiger partial charge is 0.321 e. The Kier molecular flexibility index (Phi) is 7.47. The molecule has 128 valence electrons. The number of hydrogen-bond acceptors (Lipinski definition) is 4. The van der Waals surface area contributed by atoms with Gasteiger partial charge in [-0.1, -0.05) is 24.4 Å². The van der Waals surface area contributed by atoms with E-state index in [4.69, 9.17) is 21.8 Å². The average Bonchev–Trinajstić information content (AvgIpc) is 2.45. The summed E-state index contributed by atoms with van der Waals surface area (Å²) in [5, 5.41) is 18.0. The number of unbranched alkanes of at least 4 members (excludes halogenated alkanes) is 2. The number of rotatable bonds is 10. The summed E-state index contributed by atoms with van der Waals surface area (Å²) < 4.78 is 26.4. The van der Waals surface area contributed by atoms with Crippen molar-refractivity contribution in [3.63, 3.8) is 0 Å². The molecule has 0 aliphatic heterocycles. The van der Waals surface area contributed by atoms with E-state index in [0.717, 1.165) is 0 Å². The van der Waals surface area contributed by atoms with Crippen LogP contribution in [0.3, 0.4) is 0 Å². The predicted molar refractivity (Wildman–Crippen MR) is 83.9 cm³/mol. The number of carboxylic acids is 2. The summed E-state index contributed by atoms with van der Waals surface area (Å²) in [6.45, 7) is 0. The Labute approximate surface area is 139 Å². The zero-order valence-electron chi connectivity index (χ0n) is 12.2. The fourth-order valence-corrected chi connectivity index (χ4v) is 3.25. The first-order valence-electron chi connectivity index (χ1n) is 6.95. The molecule has 7 nitrogen and oxygen atoms in total. The molecule has 0 unspecified atom stereocenters. The summed E-state index contributed by atoms with van der Waals surface area (Å²) >= 11 is 5.69. The molecule has 0 heterocycles. The molecule has 0 aromatic heterocycles. The van der Waals surface area contributed by atoms with Gasteiger partial charge in [-0.25, -0.2) is 8.42 Å². The monoisotopic (exact) mass is 363 g/mol. The molecule has 3 N–H and O–H groups in total. The summed E-state index contributed by atoms with van der Waals surface area (Å²) in [7, 11) is -3.96. The highest BCUT2D eigenvalue weighted by molar-refractivity contribution is 7.89. The first-order valence-corrected chi connectivity index (χ1v) is 8.81. The van der Waals surface area contributed by atoms with Crippen LogP contribution in [-0.2, 0) is 19.6 Å². The van der Waals surface area contributed by atoms with Crippen molar-refractivity contribution in [2.24, 2.45) is 0 Å². The van der Waals surface area contributed by atoms with Crippen LogP contribution in [0.15, 0.2) is 29.2 Å². The van der Waals surface area contributed by atoms with Gasteiger partial charge >= 0.3 is 11.9 Å². The topological polar surface area (TPSA) is 121 Å². The maximum absolute atomic E-state index is 12.1. The Bertz CT molecular complexity index is 644. The molecular formula is C14H18ClNO6S. The van der Waals surface area contributed by atoms with Gasteiger partial charge in [0.1, 0.15) is 6.04 Å². The second kappa shape index (κ2) is 8.85. The zero-order chi connectivity index (χ0) is 17.5. The van der Waals surface area contributed by atoms with E-state index >= 15 is 0 Å². The molecule has 0 radical (unpaired) electrons. The van der Waals surface area contributed by atoms with E-state index in [-0.39, 0.29) is 17.7 Å². The minimum absolute atomic E-state index is 0.00817. The Hall–Kier alpha value is -1.64. The first-order chi connectivity index (χ1) is 10.7. The average molecular weight is 364 g/mol. The lowest BCUT2D eigenvalue weighted by atomic mass is 10.1. The van der Waals surface area contributed by atoms with Crippen molar-refractivity contribution in [2.75, 3.05) is 0 Å². The number of sulfonamides is 1. The molecule has 9 heteroatoms. The first kappa shape index (κ1) is 19.4. The molecule has 0 amide bonds. The SMILES string of the molecule is O=C(O)CCCCC[C@H](NS(=O)(=O)c1ccc(Cl)cc1)C(=O)O. The quantitative estimate of drug-likeness (QED) is 0.547. The van der Waals surface area contributed by atoms with Gasteiger partial charge in [0.2, 0.25) is 10.0 Å². The van der Waals surface area contributed by atoms with E-state index in [0.29, 0.717) is 24.3 Å². The summed E-state index contributed by atoms with van der Waals surface area (Å²) in [6, 6.07) is 4.11. The van der Waals surface area contributed by atoms with Crippen molar-refractivity contribution < 1.29 is 28.2 Å². The van der Waals surface area contributed by atoms with Crippen molar-refractivity contribution >= 4 is 33.6 Å². The molecule has 0 aliphatic carbocycles. The molecule has 23 heavy (non-hydrogen) atoms. The molecule has 1 aromatic carbocycles. The van der Waals surface area contributed by atoms with E-state index in [1.807, 2.05) is 0 Å². The van der Waals surface area contributed by atoms with Crippen molar-refractivity contribution in [2.45, 2.75) is 43.0 Å². The number of nitrogens with one attached hydrogen (secondary N) is 1. The molecule has 1 rings (SSSR count). The van der Waals surface area contributed by atoms with Crippen LogP contribution in [0.2, 0.25) is 5.02 Å². The summed E-state index contributed by atoms with van der Waals surface area (Å²) in [5.74, 6) is -2.19. The lowest BCUT2D eigenvalue weighted by Crippen LogP contribution is -2.40. The normalized spacial score (nSPS) is 12.7. The van der Waals surface area contributed by atoms with Gasteiger partial charge in [0.05, 0.1) is 4.90 Å². The minimum Gasteiger partial charge on any atom is -0.481 e. The van der Waals surface area contributed by atoms with Crippen molar-refractivity contribution in [1.82, 2.24) is 4.72 Å². The summed E-state index contributed by atoms with van der Waals surface area (Å²) in [4.78, 5) is 21.5. The van der Waals surface area contributed by atoms with Crippen LogP contribution in [0.4, 0.5) is 0 Å². The van der Waals surface area contributed by atoms with Gasteiger partial charge in [0, 0.05) is 11.4 Å². The van der Waals surface area contributed by atoms with Crippen LogP contribution >= 0.6 is 11.6 Å². The fraction of sp³-hybridized carbons (Fsp3) is 0.429. The van der Waals surface area contributed by atoms with Gasteiger partial charge < -0.3 is 10.2 Å². The zero-order valence-corrected chi connectivity index (χ0v) is 13.8. The molecule has 0 saturated heterocycles. The summed E-state index contributed by atoms with van der Waals surface area (Å²) in [6.07, 6.45) is 1.44. The van der Waals surface area contributed by atoms with Gasteiger partial charge in [0.25, 0.3) is 0 Å². The maximum Gasteiger partial charge on any atom is 0.321 e. The number of aliphatic carboxylic acids is 2. The second-order valence-electron chi connectivity index (χ2n) is 4.96. The number of halogens is 1. The van der Waals surface area contributed by atoms with Gasteiger partial charge in [0.15, 0.2) is 0 Å². The maximum atomic E-state index is 12.1. The third-order valence-electron chi connectivity index (χ3n) is 3.10. The molecule has 1 atom stereocenters. The van der Waals surface area contributed by atoms with E-state index < -0.39 is 28.0 Å². The van der Waals surface area contributed by atoms with Crippen LogP contribution in [-0.4, -0.2) is 36.6 Å². The number of benzene rings is 1. The molecule has 0 aliphatic rings. The van der Waals surface area contributed by atoms with E-state index in [9.17, 15) is 18.0 Å². The highest BCUT2D eigenvalue weighted by Gasteiger charge is 2.24. The molecular weight excluding hydrogens is 346 g/mol. The fourth-order valence-electron chi connectivity index (χ4n) is 1.90. The highest BCUT2D eigenvalue weighted by Crippen LogP contribution is 2.15. The highest BCUT2D eigenvalue weighted by atomic mass is 35.5. The second-order valence-corrected chi connectivity index (χ2v) is 7.11. The Morgan fingerprint density at radius 1 is 1.09 bits per heavy atom. The van der Waals surface area contributed by atoms with Crippen molar-refractivity contribution in [1.29, 1.82) is 0 Å². The minimum atomic E-state index is -3.96. The van der Waals surface area contributed by atoms with Crippen LogP contribution in [0.5, 0.6) is 0 Å². The molecule has 0 spiro atoms. The van der Waals surface area contributed by atoms with Crippen LogP contribution in [0.25, 0.3) is 0 Å². The van der Waals surface area contributed by atoms with Crippen LogP contribution in [0, 0.1) is 0 Å². The van der Waals surface area contributed by atoms with E-state index in [2.05, 4.69) is 4.72 Å². The Balaban J connectivity index is 2.62. The van der Waals surface area contributed by atoms with Gasteiger partial charge in [-0.3, -0.25) is 9.59 Å². The molecule has 1 aromatic rings. The number of carbonyl (C=O) groups is 2.